The van der Waals surface area contributed by atoms with E-state index >= 15 is 0 Å². The molecule has 0 aliphatic rings. The van der Waals surface area contributed by atoms with E-state index in [2.05, 4.69) is 266 Å². The quantitative estimate of drug-likeness (QED) is 0.234. The van der Waals surface area contributed by atoms with E-state index in [0.717, 1.165) is 19.6 Å². The van der Waals surface area contributed by atoms with Crippen molar-refractivity contribution in [2.45, 2.75) is 62.3 Å². The molecule has 9 heteroatoms. The molecule has 0 saturated carbocycles. The Balaban J connectivity index is -0.000000143. The molecule has 3 nitrogen and oxygen atoms in total. The van der Waals surface area contributed by atoms with Gasteiger partial charge in [0.25, 0.3) is 0 Å². The second-order valence-electron chi connectivity index (χ2n) is 18.0. The van der Waals surface area contributed by atoms with Gasteiger partial charge in [-0.2, -0.15) is 68.8 Å². The molecule has 0 heterocycles. The first-order chi connectivity index (χ1) is 25.1. The summed E-state index contributed by atoms with van der Waals surface area (Å²) in [6.45, 7) is 23.2. The van der Waals surface area contributed by atoms with Gasteiger partial charge in [0.05, 0.1) is 0 Å². The van der Waals surface area contributed by atoms with Crippen LogP contribution in [-0.2, 0) is 78.6 Å². The molecule has 0 amide bonds. The molecular weight excluding hydrogens is 1030 g/mol. The van der Waals surface area contributed by atoms with Crippen molar-refractivity contribution in [1.29, 1.82) is 0 Å². The number of hydrogen-bond donors (Lipinski definition) is 0. The summed E-state index contributed by atoms with van der Waals surface area (Å²) in [6.07, 6.45) is 6.94. The van der Waals surface area contributed by atoms with Crippen LogP contribution >= 0.6 is 0 Å². The Kier molecular flexibility index (Phi) is 45.5. The second kappa shape index (κ2) is 38.2. The van der Waals surface area contributed by atoms with Crippen LogP contribution in [0.25, 0.3) is 32.3 Å². The molecule has 0 atom stereocenters. The summed E-state index contributed by atoms with van der Waals surface area (Å²) in [4.78, 5) is 6.52. The Morgan fingerprint density at radius 3 is 0.717 bits per heavy atom. The molecule has 60 heavy (non-hydrogen) atoms. The maximum absolute atomic E-state index is 2.31. The van der Waals surface area contributed by atoms with Crippen molar-refractivity contribution in [3.8, 4) is 0 Å². The Hall–Kier alpha value is -0.111. The van der Waals surface area contributed by atoms with Crippen LogP contribution in [0.1, 0.15) is 62.3 Å². The molecule has 0 saturated heterocycles. The molecule has 0 aromatic heterocycles. The van der Waals surface area contributed by atoms with E-state index in [1.807, 2.05) is 0 Å². The molecule has 0 fully saturated rings. The molecule has 0 spiro atoms. The molecular formula is C51H75Cl3N3Zr3-3. The van der Waals surface area contributed by atoms with Gasteiger partial charge in [-0.15, -0.1) is 109 Å². The van der Waals surface area contributed by atoms with Gasteiger partial charge < -0.3 is 71.2 Å². The molecule has 330 valence electrons. The largest absolute Gasteiger partial charge is 2.00 e. The number of nitrogens with zero attached hydrogens (tertiary/aromatic N) is 3. The summed E-state index contributed by atoms with van der Waals surface area (Å²) in [5.74, 6) is 0. The Morgan fingerprint density at radius 2 is 0.567 bits per heavy atom. The van der Waals surface area contributed by atoms with Crippen LogP contribution in [-0.4, -0.2) is 76.6 Å². The van der Waals surface area contributed by atoms with Crippen LogP contribution in [0.15, 0.2) is 127 Å². The zero-order chi connectivity index (χ0) is 40.8. The summed E-state index contributed by atoms with van der Waals surface area (Å²) in [7, 11) is 12.5. The van der Waals surface area contributed by atoms with Gasteiger partial charge in [-0.1, -0.05) is 80.5 Å². The van der Waals surface area contributed by atoms with Gasteiger partial charge in [-0.05, 0) is 42.3 Å². The van der Waals surface area contributed by atoms with E-state index in [1.165, 1.54) is 32.3 Å². The first-order valence-electron chi connectivity index (χ1n) is 19.4. The molecule has 0 unspecified atom stereocenters. The third kappa shape index (κ3) is 39.5. The van der Waals surface area contributed by atoms with Crippen LogP contribution in [0.5, 0.6) is 0 Å². The second-order valence-corrected chi connectivity index (χ2v) is 18.0. The van der Waals surface area contributed by atoms with Gasteiger partial charge in [0.15, 0.2) is 0 Å². The van der Waals surface area contributed by atoms with Gasteiger partial charge >= 0.3 is 78.6 Å². The molecule has 6 aromatic rings. The van der Waals surface area contributed by atoms with Crippen LogP contribution in [0.4, 0.5) is 0 Å². The van der Waals surface area contributed by atoms with Crippen molar-refractivity contribution in [1.82, 2.24) is 14.7 Å². The van der Waals surface area contributed by atoms with E-state index in [-0.39, 0.29) is 116 Å². The molecule has 6 aromatic carbocycles. The molecule has 0 aliphatic heterocycles. The summed E-state index contributed by atoms with van der Waals surface area (Å²) in [6, 6.07) is 44.0. The van der Waals surface area contributed by atoms with Crippen molar-refractivity contribution < 1.29 is 116 Å². The molecule has 6 rings (SSSR count). The minimum absolute atomic E-state index is 0. The molecule has 0 bridgehead atoms. The van der Waals surface area contributed by atoms with E-state index in [9.17, 15) is 0 Å². The average molecular weight is 1110 g/mol. The van der Waals surface area contributed by atoms with Crippen molar-refractivity contribution in [2.24, 2.45) is 16.2 Å². The summed E-state index contributed by atoms with van der Waals surface area (Å²) < 4.78 is 0. The van der Waals surface area contributed by atoms with Gasteiger partial charge in [-0.3, -0.25) is 0 Å². The zero-order valence-corrected chi connectivity index (χ0v) is 49.1. The fraction of sp³-hybridized carbons (Fsp3) is 0.412. The number of hydrogen-bond acceptors (Lipinski definition) is 3. The van der Waals surface area contributed by atoms with Crippen molar-refractivity contribution in [2.75, 3.05) is 61.9 Å². The van der Waals surface area contributed by atoms with Crippen molar-refractivity contribution >= 4 is 32.3 Å². The summed E-state index contributed by atoms with van der Waals surface area (Å²) in [5.41, 5.74) is 1.10. The standard InChI is InChI=1S/3C9H7.3C8H18N.3ClH.3Zr/c3*1-2-5-9-7-3-6-8(9)4-1;3*1-8(2,3)6-7-9(4)5;;;;;;/h3*1-7H;3*6H,7H2,1-5H3;3*1H;;;/q6*-1;;;;3*+2/p-3. The van der Waals surface area contributed by atoms with E-state index in [4.69, 9.17) is 0 Å². The van der Waals surface area contributed by atoms with E-state index in [1.54, 1.807) is 0 Å². The van der Waals surface area contributed by atoms with E-state index < -0.39 is 0 Å². The summed E-state index contributed by atoms with van der Waals surface area (Å²) in [5, 5.41) is 7.99. The predicted molar refractivity (Wildman–Crippen MR) is 246 cm³/mol. The first-order valence-corrected chi connectivity index (χ1v) is 19.4. The number of rotatable bonds is 6. The monoisotopic (exact) mass is 1100 g/mol. The average Bonchev–Trinajstić information content (AvgIpc) is 3.87. The van der Waals surface area contributed by atoms with E-state index in [0.29, 0.717) is 16.2 Å². The predicted octanol–water partition coefficient (Wildman–Crippen LogP) is 4.08. The Morgan fingerprint density at radius 1 is 0.367 bits per heavy atom. The molecule has 0 aliphatic carbocycles. The SMILES string of the molecule is CN(C)C[CH-]C(C)(C)C.CN(C)C[CH-]C(C)(C)C.CN(C)C[CH-]C(C)(C)C.[Cl-].[Cl-].[Cl-].[Zr+2].[Zr+2].[Zr+2].c1ccc2[cH-]ccc2c1.c1ccc2[cH-]ccc2c1.c1ccc2[cH-]ccc2c1. The van der Waals surface area contributed by atoms with Crippen LogP contribution in [0.3, 0.4) is 0 Å². The number of halogens is 3. The van der Waals surface area contributed by atoms with Crippen molar-refractivity contribution in [3.63, 3.8) is 0 Å². The van der Waals surface area contributed by atoms with Crippen LogP contribution in [0, 0.1) is 35.5 Å². The fourth-order valence-electron chi connectivity index (χ4n) is 4.58. The maximum Gasteiger partial charge on any atom is 2.00 e. The van der Waals surface area contributed by atoms with Gasteiger partial charge in [0, 0.05) is 0 Å². The first kappa shape index (κ1) is 71.5. The fourth-order valence-corrected chi connectivity index (χ4v) is 4.58. The Labute approximate surface area is 445 Å². The third-order valence-electron chi connectivity index (χ3n) is 7.85. The molecule has 0 N–H and O–H groups in total. The normalized spacial score (nSPS) is 10.3. The minimum Gasteiger partial charge on any atom is -1.00 e. The number of benzene rings is 3. The Bertz CT molecular complexity index is 1490. The van der Waals surface area contributed by atoms with Gasteiger partial charge in [0.1, 0.15) is 0 Å². The van der Waals surface area contributed by atoms with Crippen LogP contribution < -0.4 is 37.2 Å². The van der Waals surface area contributed by atoms with Gasteiger partial charge in [-0.25, -0.2) is 0 Å². The third-order valence-corrected chi connectivity index (χ3v) is 7.85. The maximum atomic E-state index is 2.31. The topological polar surface area (TPSA) is 9.72 Å². The smallest absolute Gasteiger partial charge is 1.00 e. The molecule has 0 radical (unpaired) electrons. The zero-order valence-electron chi connectivity index (χ0n) is 39.5. The summed E-state index contributed by atoms with van der Waals surface area (Å²) >= 11 is 0. The minimum atomic E-state index is 0. The van der Waals surface area contributed by atoms with Crippen molar-refractivity contribution in [3.05, 3.63) is 147 Å². The number of fused-ring (bicyclic) bond motifs is 3. The van der Waals surface area contributed by atoms with Gasteiger partial charge in [0.2, 0.25) is 0 Å². The van der Waals surface area contributed by atoms with Crippen LogP contribution in [0.2, 0.25) is 0 Å².